The first kappa shape index (κ1) is 13.1. The van der Waals surface area contributed by atoms with Crippen LogP contribution in [0, 0.1) is 5.41 Å². The Hall–Kier alpha value is -0.940. The Bertz CT molecular complexity index is 330. The van der Waals surface area contributed by atoms with Gasteiger partial charge in [0.15, 0.2) is 0 Å². The minimum atomic E-state index is -0.811. The Morgan fingerprint density at radius 2 is 2.00 bits per heavy atom. The number of aryl methyl sites for hydroxylation is 1. The minimum absolute atomic E-state index is 0.326. The predicted molar refractivity (Wildman–Crippen MR) is 60.9 cm³/mol. The van der Waals surface area contributed by atoms with E-state index in [-0.39, 0.29) is 5.41 Å². The first-order valence-electron chi connectivity index (χ1n) is 5.59. The number of aromatic nitrogens is 3. The number of rotatable bonds is 4. The maximum Gasteiger partial charge on any atom is 0.138 e. The quantitative estimate of drug-likeness (QED) is 0.790. The fourth-order valence-electron chi connectivity index (χ4n) is 1.59. The van der Waals surface area contributed by atoms with E-state index >= 15 is 0 Å². The van der Waals surface area contributed by atoms with Gasteiger partial charge < -0.3 is 10.2 Å². The van der Waals surface area contributed by atoms with E-state index in [0.717, 1.165) is 0 Å². The molecule has 16 heavy (non-hydrogen) atoms. The SMILES string of the molecule is CCn1ncnc1CC(O)C(O)C(C)(C)C. The highest BCUT2D eigenvalue weighted by Crippen LogP contribution is 2.23. The zero-order valence-corrected chi connectivity index (χ0v) is 10.4. The van der Waals surface area contributed by atoms with Gasteiger partial charge >= 0.3 is 0 Å². The molecule has 0 saturated carbocycles. The van der Waals surface area contributed by atoms with Gasteiger partial charge in [0.2, 0.25) is 0 Å². The molecule has 0 saturated heterocycles. The lowest BCUT2D eigenvalue weighted by Crippen LogP contribution is -2.39. The van der Waals surface area contributed by atoms with Crippen LogP contribution in [0.25, 0.3) is 0 Å². The molecule has 0 spiro atoms. The van der Waals surface area contributed by atoms with Crippen molar-refractivity contribution in [2.45, 2.75) is 52.9 Å². The van der Waals surface area contributed by atoms with E-state index in [9.17, 15) is 10.2 Å². The van der Waals surface area contributed by atoms with Crippen molar-refractivity contribution in [1.82, 2.24) is 14.8 Å². The van der Waals surface area contributed by atoms with Gasteiger partial charge in [-0.05, 0) is 12.3 Å². The molecular weight excluding hydrogens is 206 g/mol. The topological polar surface area (TPSA) is 71.2 Å². The molecule has 0 bridgehead atoms. The van der Waals surface area contributed by atoms with Crippen molar-refractivity contribution in [3.8, 4) is 0 Å². The van der Waals surface area contributed by atoms with E-state index < -0.39 is 12.2 Å². The van der Waals surface area contributed by atoms with E-state index in [0.29, 0.717) is 18.8 Å². The lowest BCUT2D eigenvalue weighted by Gasteiger charge is -2.29. The zero-order chi connectivity index (χ0) is 12.3. The van der Waals surface area contributed by atoms with Crippen LogP contribution < -0.4 is 0 Å². The second kappa shape index (κ2) is 4.93. The molecule has 0 radical (unpaired) electrons. The summed E-state index contributed by atoms with van der Waals surface area (Å²) in [7, 11) is 0. The number of aliphatic hydroxyl groups excluding tert-OH is 2. The number of hydrogen-bond acceptors (Lipinski definition) is 4. The lowest BCUT2D eigenvalue weighted by atomic mass is 9.85. The Morgan fingerprint density at radius 3 is 2.50 bits per heavy atom. The summed E-state index contributed by atoms with van der Waals surface area (Å²) in [6, 6.07) is 0. The highest BCUT2D eigenvalue weighted by molar-refractivity contribution is 4.91. The van der Waals surface area contributed by atoms with Gasteiger partial charge in [-0.1, -0.05) is 20.8 Å². The van der Waals surface area contributed by atoms with Crippen LogP contribution in [0.5, 0.6) is 0 Å². The van der Waals surface area contributed by atoms with E-state index in [1.165, 1.54) is 6.33 Å². The van der Waals surface area contributed by atoms with Crippen LogP contribution in [-0.2, 0) is 13.0 Å². The molecule has 0 aromatic carbocycles. The minimum Gasteiger partial charge on any atom is -0.390 e. The summed E-state index contributed by atoms with van der Waals surface area (Å²) in [4.78, 5) is 4.07. The number of aliphatic hydroxyl groups is 2. The monoisotopic (exact) mass is 227 g/mol. The van der Waals surface area contributed by atoms with Gasteiger partial charge in [-0.15, -0.1) is 0 Å². The molecule has 5 heteroatoms. The van der Waals surface area contributed by atoms with Crippen molar-refractivity contribution in [2.75, 3.05) is 0 Å². The van der Waals surface area contributed by atoms with E-state index in [2.05, 4.69) is 10.1 Å². The molecule has 2 N–H and O–H groups in total. The molecule has 2 unspecified atom stereocenters. The van der Waals surface area contributed by atoms with E-state index in [4.69, 9.17) is 0 Å². The summed E-state index contributed by atoms with van der Waals surface area (Å²) < 4.78 is 1.72. The van der Waals surface area contributed by atoms with Gasteiger partial charge in [-0.2, -0.15) is 5.10 Å². The highest BCUT2D eigenvalue weighted by Gasteiger charge is 2.30. The first-order chi connectivity index (χ1) is 7.36. The standard InChI is InChI=1S/C11H21N3O2/c1-5-14-9(12-7-13-14)6-8(15)10(16)11(2,3)4/h7-8,10,15-16H,5-6H2,1-4H3. The normalized spacial score (nSPS) is 16.1. The van der Waals surface area contributed by atoms with E-state index in [1.807, 2.05) is 27.7 Å². The van der Waals surface area contributed by atoms with Gasteiger partial charge in [-0.3, -0.25) is 4.68 Å². The van der Waals surface area contributed by atoms with Crippen LogP contribution in [0.2, 0.25) is 0 Å². The molecule has 2 atom stereocenters. The molecule has 1 rings (SSSR count). The van der Waals surface area contributed by atoms with Gasteiger partial charge in [0, 0.05) is 13.0 Å². The van der Waals surface area contributed by atoms with Gasteiger partial charge in [0.25, 0.3) is 0 Å². The Morgan fingerprint density at radius 1 is 1.38 bits per heavy atom. The van der Waals surface area contributed by atoms with E-state index in [1.54, 1.807) is 4.68 Å². The molecule has 1 aromatic rings. The number of nitrogens with zero attached hydrogens (tertiary/aromatic N) is 3. The molecule has 5 nitrogen and oxygen atoms in total. The zero-order valence-electron chi connectivity index (χ0n) is 10.4. The maximum atomic E-state index is 9.91. The molecule has 0 aliphatic heterocycles. The largest absolute Gasteiger partial charge is 0.390 e. The second-order valence-corrected chi connectivity index (χ2v) is 5.07. The molecular formula is C11H21N3O2. The van der Waals surface area contributed by atoms with Crippen LogP contribution >= 0.6 is 0 Å². The van der Waals surface area contributed by atoms with Crippen molar-refractivity contribution in [3.63, 3.8) is 0 Å². The van der Waals surface area contributed by atoms with Gasteiger partial charge in [0.05, 0.1) is 12.2 Å². The molecule has 1 heterocycles. The first-order valence-corrected chi connectivity index (χ1v) is 5.59. The summed E-state index contributed by atoms with van der Waals surface area (Å²) in [5.41, 5.74) is -0.337. The van der Waals surface area contributed by atoms with Crippen molar-refractivity contribution >= 4 is 0 Å². The Kier molecular flexibility index (Phi) is 4.04. The van der Waals surface area contributed by atoms with Crippen molar-refractivity contribution in [2.24, 2.45) is 5.41 Å². The van der Waals surface area contributed by atoms with Crippen LogP contribution in [0.3, 0.4) is 0 Å². The summed E-state index contributed by atoms with van der Waals surface area (Å²) in [5, 5.41) is 23.8. The van der Waals surface area contributed by atoms with Gasteiger partial charge in [0.1, 0.15) is 12.2 Å². The Labute approximate surface area is 96.1 Å². The predicted octanol–water partition coefficient (Wildman–Crippen LogP) is 0.608. The fourth-order valence-corrected chi connectivity index (χ4v) is 1.59. The molecule has 0 fully saturated rings. The summed E-state index contributed by atoms with van der Waals surface area (Å²) in [5.74, 6) is 0.707. The number of hydrogen-bond donors (Lipinski definition) is 2. The van der Waals surface area contributed by atoms with Crippen LogP contribution in [0.4, 0.5) is 0 Å². The van der Waals surface area contributed by atoms with Crippen LogP contribution in [0.15, 0.2) is 6.33 Å². The third-order valence-electron chi connectivity index (χ3n) is 2.64. The average molecular weight is 227 g/mol. The summed E-state index contributed by atoms with van der Waals surface area (Å²) in [6.07, 6.45) is 0.213. The smallest absolute Gasteiger partial charge is 0.138 e. The fraction of sp³-hybridized carbons (Fsp3) is 0.818. The Balaban J connectivity index is 2.68. The van der Waals surface area contributed by atoms with Crippen molar-refractivity contribution in [3.05, 3.63) is 12.2 Å². The molecule has 0 aliphatic rings. The molecule has 1 aromatic heterocycles. The van der Waals surface area contributed by atoms with Crippen LogP contribution in [-0.4, -0.2) is 37.2 Å². The van der Waals surface area contributed by atoms with Crippen molar-refractivity contribution < 1.29 is 10.2 Å². The molecule has 0 aliphatic carbocycles. The maximum absolute atomic E-state index is 9.91. The van der Waals surface area contributed by atoms with Gasteiger partial charge in [-0.25, -0.2) is 4.98 Å². The second-order valence-electron chi connectivity index (χ2n) is 5.07. The highest BCUT2D eigenvalue weighted by atomic mass is 16.3. The third kappa shape index (κ3) is 3.02. The van der Waals surface area contributed by atoms with Crippen LogP contribution in [0.1, 0.15) is 33.5 Å². The summed E-state index contributed by atoms with van der Waals surface area (Å²) in [6.45, 7) is 8.36. The lowest BCUT2D eigenvalue weighted by molar-refractivity contribution is -0.0445. The average Bonchev–Trinajstić information content (AvgIpc) is 2.62. The summed E-state index contributed by atoms with van der Waals surface area (Å²) >= 11 is 0. The third-order valence-corrected chi connectivity index (χ3v) is 2.64. The molecule has 0 amide bonds. The molecule has 92 valence electrons. The van der Waals surface area contributed by atoms with Crippen molar-refractivity contribution in [1.29, 1.82) is 0 Å².